The molecule has 5 heteroatoms. The molecule has 2 aromatic heterocycles. The SMILES string of the molecule is Fc1cc(F)cc(Cc2ccc3n[nH]c(/C=C/c4cccs4)c3c2)c1. The summed E-state index contributed by atoms with van der Waals surface area (Å²) in [5.74, 6) is -1.11. The van der Waals surface area contributed by atoms with Gasteiger partial charge in [-0.3, -0.25) is 5.10 Å². The second kappa shape index (κ2) is 6.61. The lowest BCUT2D eigenvalue weighted by Gasteiger charge is -2.03. The standard InChI is InChI=1S/C20H14F2N2S/c21-15-9-14(10-16(22)12-15)8-13-3-5-19-18(11-13)20(24-23-19)6-4-17-2-1-7-25-17/h1-7,9-12H,8H2,(H,23,24)/b6-4+. The first kappa shape index (κ1) is 15.7. The molecular formula is C20H14F2N2S. The molecule has 25 heavy (non-hydrogen) atoms. The summed E-state index contributed by atoms with van der Waals surface area (Å²) in [6.45, 7) is 0. The molecule has 4 aromatic rings. The Labute approximate surface area is 147 Å². The van der Waals surface area contributed by atoms with Crippen molar-refractivity contribution >= 4 is 34.4 Å². The summed E-state index contributed by atoms with van der Waals surface area (Å²) in [5.41, 5.74) is 3.36. The van der Waals surface area contributed by atoms with Crippen LogP contribution >= 0.6 is 11.3 Å². The molecule has 2 aromatic carbocycles. The van der Waals surface area contributed by atoms with Gasteiger partial charge < -0.3 is 0 Å². The number of hydrogen-bond donors (Lipinski definition) is 1. The van der Waals surface area contributed by atoms with Gasteiger partial charge in [0.1, 0.15) is 11.6 Å². The second-order valence-electron chi connectivity index (χ2n) is 5.79. The van der Waals surface area contributed by atoms with Crippen LogP contribution in [0.2, 0.25) is 0 Å². The third-order valence-electron chi connectivity index (χ3n) is 3.94. The summed E-state index contributed by atoms with van der Waals surface area (Å²) in [4.78, 5) is 1.16. The minimum atomic E-state index is -0.557. The van der Waals surface area contributed by atoms with Crippen LogP contribution < -0.4 is 0 Å². The fourth-order valence-corrected chi connectivity index (χ4v) is 3.43. The highest BCUT2D eigenvalue weighted by molar-refractivity contribution is 7.10. The van der Waals surface area contributed by atoms with Gasteiger partial charge in [-0.25, -0.2) is 8.78 Å². The van der Waals surface area contributed by atoms with Crippen molar-refractivity contribution in [2.75, 3.05) is 0 Å². The average molecular weight is 352 g/mol. The van der Waals surface area contributed by atoms with Gasteiger partial charge in [-0.1, -0.05) is 12.1 Å². The zero-order chi connectivity index (χ0) is 17.2. The minimum absolute atomic E-state index is 0.462. The van der Waals surface area contributed by atoms with Crippen molar-refractivity contribution in [3.8, 4) is 0 Å². The molecule has 0 aliphatic heterocycles. The number of aromatic nitrogens is 2. The summed E-state index contributed by atoms with van der Waals surface area (Å²) >= 11 is 1.67. The lowest BCUT2D eigenvalue weighted by Crippen LogP contribution is -1.91. The quantitative estimate of drug-likeness (QED) is 0.504. The second-order valence-corrected chi connectivity index (χ2v) is 6.77. The first-order valence-electron chi connectivity index (χ1n) is 7.81. The summed E-state index contributed by atoms with van der Waals surface area (Å²) in [6, 6.07) is 13.5. The molecular weight excluding hydrogens is 338 g/mol. The Morgan fingerprint density at radius 2 is 1.80 bits per heavy atom. The number of halogens is 2. The number of hydrogen-bond acceptors (Lipinski definition) is 2. The van der Waals surface area contributed by atoms with Gasteiger partial charge in [-0.15, -0.1) is 11.3 Å². The van der Waals surface area contributed by atoms with Crippen molar-refractivity contribution in [3.63, 3.8) is 0 Å². The molecule has 0 saturated heterocycles. The van der Waals surface area contributed by atoms with Crippen LogP contribution in [0.25, 0.3) is 23.1 Å². The lowest BCUT2D eigenvalue weighted by molar-refractivity contribution is 0.580. The summed E-state index contributed by atoms with van der Waals surface area (Å²) < 4.78 is 26.7. The molecule has 0 aliphatic rings. The van der Waals surface area contributed by atoms with Gasteiger partial charge in [-0.2, -0.15) is 5.10 Å². The molecule has 2 nitrogen and oxygen atoms in total. The van der Waals surface area contributed by atoms with E-state index >= 15 is 0 Å². The van der Waals surface area contributed by atoms with Crippen molar-refractivity contribution in [2.45, 2.75) is 6.42 Å². The molecule has 0 amide bonds. The van der Waals surface area contributed by atoms with Crippen LogP contribution in [0.15, 0.2) is 53.9 Å². The minimum Gasteiger partial charge on any atom is -0.277 e. The smallest absolute Gasteiger partial charge is 0.126 e. The van der Waals surface area contributed by atoms with E-state index in [0.717, 1.165) is 33.1 Å². The molecule has 1 N–H and O–H groups in total. The fraction of sp³-hybridized carbons (Fsp3) is 0.0500. The van der Waals surface area contributed by atoms with Crippen molar-refractivity contribution < 1.29 is 8.78 Å². The summed E-state index contributed by atoms with van der Waals surface area (Å²) in [6.07, 6.45) is 4.49. The third kappa shape index (κ3) is 3.51. The largest absolute Gasteiger partial charge is 0.277 e. The van der Waals surface area contributed by atoms with Gasteiger partial charge in [0.05, 0.1) is 11.2 Å². The normalized spacial score (nSPS) is 11.6. The van der Waals surface area contributed by atoms with E-state index in [9.17, 15) is 8.78 Å². The van der Waals surface area contributed by atoms with Gasteiger partial charge in [0.25, 0.3) is 0 Å². The van der Waals surface area contributed by atoms with Gasteiger partial charge >= 0.3 is 0 Å². The molecule has 0 atom stereocenters. The van der Waals surface area contributed by atoms with Crippen LogP contribution in [0, 0.1) is 11.6 Å². The van der Waals surface area contributed by atoms with Crippen LogP contribution in [0.5, 0.6) is 0 Å². The highest BCUT2D eigenvalue weighted by Gasteiger charge is 2.07. The van der Waals surface area contributed by atoms with Crippen molar-refractivity contribution in [3.05, 3.63) is 87.2 Å². The van der Waals surface area contributed by atoms with Crippen LogP contribution in [-0.4, -0.2) is 10.2 Å². The van der Waals surface area contributed by atoms with E-state index in [1.807, 2.05) is 47.9 Å². The van der Waals surface area contributed by atoms with E-state index in [0.29, 0.717) is 12.0 Å². The summed E-state index contributed by atoms with van der Waals surface area (Å²) in [7, 11) is 0. The predicted octanol–water partition coefficient (Wildman–Crippen LogP) is 5.66. The number of nitrogens with one attached hydrogen (secondary N) is 1. The Bertz CT molecular complexity index is 1030. The maximum absolute atomic E-state index is 13.4. The van der Waals surface area contributed by atoms with Crippen molar-refractivity contribution in [1.82, 2.24) is 10.2 Å². The lowest BCUT2D eigenvalue weighted by atomic mass is 10.0. The highest BCUT2D eigenvalue weighted by Crippen LogP contribution is 2.22. The molecule has 0 fully saturated rings. The monoisotopic (exact) mass is 352 g/mol. The molecule has 0 unspecified atom stereocenters. The van der Waals surface area contributed by atoms with Crippen LogP contribution in [0.3, 0.4) is 0 Å². The highest BCUT2D eigenvalue weighted by atomic mass is 32.1. The third-order valence-corrected chi connectivity index (χ3v) is 4.77. The number of H-pyrrole nitrogens is 1. The van der Waals surface area contributed by atoms with Gasteiger partial charge in [-0.05, 0) is 65.4 Å². The number of benzene rings is 2. The first-order valence-corrected chi connectivity index (χ1v) is 8.69. The zero-order valence-electron chi connectivity index (χ0n) is 13.2. The molecule has 0 spiro atoms. The van der Waals surface area contributed by atoms with Crippen LogP contribution in [0.4, 0.5) is 8.78 Å². The number of rotatable bonds is 4. The zero-order valence-corrected chi connectivity index (χ0v) is 14.0. The van der Waals surface area contributed by atoms with Gasteiger partial charge in [0, 0.05) is 16.3 Å². The predicted molar refractivity (Wildman–Crippen MR) is 98.5 cm³/mol. The van der Waals surface area contributed by atoms with Gasteiger partial charge in [0.15, 0.2) is 0 Å². The van der Waals surface area contributed by atoms with E-state index in [2.05, 4.69) is 10.2 Å². The molecule has 124 valence electrons. The molecule has 0 saturated carbocycles. The fourth-order valence-electron chi connectivity index (χ4n) is 2.81. The van der Waals surface area contributed by atoms with Gasteiger partial charge in [0.2, 0.25) is 0 Å². The Hall–Kier alpha value is -2.79. The first-order chi connectivity index (χ1) is 12.2. The Kier molecular flexibility index (Phi) is 4.15. The number of thiophene rings is 1. The Balaban J connectivity index is 1.66. The maximum atomic E-state index is 13.4. The topological polar surface area (TPSA) is 28.7 Å². The van der Waals surface area contributed by atoms with Crippen LogP contribution in [-0.2, 0) is 6.42 Å². The van der Waals surface area contributed by atoms with E-state index < -0.39 is 11.6 Å². The van der Waals surface area contributed by atoms with Crippen LogP contribution in [0.1, 0.15) is 21.7 Å². The maximum Gasteiger partial charge on any atom is 0.126 e. The molecule has 0 radical (unpaired) electrons. The van der Waals surface area contributed by atoms with Crippen molar-refractivity contribution in [1.29, 1.82) is 0 Å². The average Bonchev–Trinajstić information content (AvgIpc) is 3.21. The number of aromatic amines is 1. The molecule has 2 heterocycles. The summed E-state index contributed by atoms with van der Waals surface area (Å²) in [5, 5.41) is 10.4. The van der Waals surface area contributed by atoms with Crippen molar-refractivity contribution in [2.24, 2.45) is 0 Å². The number of fused-ring (bicyclic) bond motifs is 1. The Morgan fingerprint density at radius 3 is 2.56 bits per heavy atom. The molecule has 0 bridgehead atoms. The van der Waals surface area contributed by atoms with E-state index in [1.54, 1.807) is 11.3 Å². The van der Waals surface area contributed by atoms with E-state index in [-0.39, 0.29) is 0 Å². The molecule has 0 aliphatic carbocycles. The van der Waals surface area contributed by atoms with E-state index in [1.165, 1.54) is 12.1 Å². The molecule has 4 rings (SSSR count). The number of nitrogens with zero attached hydrogens (tertiary/aromatic N) is 1. The Morgan fingerprint density at radius 1 is 0.960 bits per heavy atom. The van der Waals surface area contributed by atoms with E-state index in [4.69, 9.17) is 0 Å².